The Bertz CT molecular complexity index is 1250. The molecule has 5 nitrogen and oxygen atoms in total. The second kappa shape index (κ2) is 5.84. The van der Waals surface area contributed by atoms with E-state index in [0.717, 1.165) is 17.6 Å². The summed E-state index contributed by atoms with van der Waals surface area (Å²) < 4.78 is 0. The third-order valence-electron chi connectivity index (χ3n) is 5.56. The Morgan fingerprint density at radius 2 is 1.67 bits per heavy atom. The average molecular weight is 357 g/mol. The number of nitrogens with zero attached hydrogens (tertiary/aromatic N) is 1. The van der Waals surface area contributed by atoms with E-state index in [2.05, 4.69) is 22.1 Å². The molecule has 0 aliphatic carbocycles. The van der Waals surface area contributed by atoms with Crippen LogP contribution in [-0.4, -0.2) is 27.3 Å². The van der Waals surface area contributed by atoms with E-state index in [9.17, 15) is 9.59 Å². The maximum atomic E-state index is 13.2. The van der Waals surface area contributed by atoms with E-state index in [1.807, 2.05) is 42.2 Å². The normalized spacial score (nSPS) is 16.6. The van der Waals surface area contributed by atoms with E-state index in [1.54, 1.807) is 6.07 Å². The van der Waals surface area contributed by atoms with Gasteiger partial charge in [0.2, 0.25) is 0 Å². The summed E-state index contributed by atoms with van der Waals surface area (Å²) in [7, 11) is 0. The molecule has 2 aromatic heterocycles. The number of rotatable bonds is 1. The van der Waals surface area contributed by atoms with Gasteiger partial charge in [0.15, 0.2) is 5.43 Å². The minimum absolute atomic E-state index is 0.0800. The van der Waals surface area contributed by atoms with E-state index in [1.165, 1.54) is 17.0 Å². The highest BCUT2D eigenvalue weighted by Crippen LogP contribution is 2.34. The molecular weight excluding hydrogens is 338 g/mol. The van der Waals surface area contributed by atoms with Gasteiger partial charge in [0, 0.05) is 40.1 Å². The summed E-state index contributed by atoms with van der Waals surface area (Å²) in [6.07, 6.45) is 0.799. The number of pyridine rings is 1. The predicted molar refractivity (Wildman–Crippen MR) is 106 cm³/mol. The number of H-pyrrole nitrogens is 2. The van der Waals surface area contributed by atoms with Crippen LogP contribution in [0, 0.1) is 0 Å². The number of carbonyl (C=O) groups excluding carboxylic acids is 1. The molecule has 2 aromatic carbocycles. The van der Waals surface area contributed by atoms with Gasteiger partial charge >= 0.3 is 0 Å². The van der Waals surface area contributed by atoms with Gasteiger partial charge in [0.05, 0.1) is 6.04 Å². The Hall–Kier alpha value is -3.34. The zero-order valence-electron chi connectivity index (χ0n) is 15.0. The zero-order valence-corrected chi connectivity index (χ0v) is 15.0. The van der Waals surface area contributed by atoms with Crippen molar-refractivity contribution >= 4 is 27.7 Å². The van der Waals surface area contributed by atoms with Crippen molar-refractivity contribution < 1.29 is 4.79 Å². The van der Waals surface area contributed by atoms with Crippen molar-refractivity contribution in [3.63, 3.8) is 0 Å². The van der Waals surface area contributed by atoms with Crippen LogP contribution in [0.2, 0.25) is 0 Å². The highest BCUT2D eigenvalue weighted by Gasteiger charge is 2.31. The average Bonchev–Trinajstić information content (AvgIpc) is 3.07. The molecule has 1 unspecified atom stereocenters. The van der Waals surface area contributed by atoms with Crippen molar-refractivity contribution in [1.29, 1.82) is 0 Å². The van der Waals surface area contributed by atoms with Gasteiger partial charge in [-0.05, 0) is 37.1 Å². The van der Waals surface area contributed by atoms with Crippen molar-refractivity contribution in [3.8, 4) is 0 Å². The first-order chi connectivity index (χ1) is 13.1. The summed E-state index contributed by atoms with van der Waals surface area (Å²) in [6.45, 7) is 2.66. The summed E-state index contributed by atoms with van der Waals surface area (Å²) in [5.41, 5.74) is 4.36. The van der Waals surface area contributed by atoms with E-state index in [-0.39, 0.29) is 17.4 Å². The van der Waals surface area contributed by atoms with E-state index >= 15 is 0 Å². The molecule has 2 N–H and O–H groups in total. The van der Waals surface area contributed by atoms with E-state index in [4.69, 9.17) is 0 Å². The Labute approximate surface area is 155 Å². The number of fused-ring (bicyclic) bond motifs is 4. The fourth-order valence-corrected chi connectivity index (χ4v) is 4.17. The number of carbonyl (C=O) groups is 1. The number of aromatic nitrogens is 2. The standard InChI is InChI=1S/C22H19N3O2/c1-13-21-15(14-6-2-4-8-17(14)24-21)10-11-25(13)22(27)19-12-20(26)16-7-3-5-9-18(16)23-19/h2-9,12-13,24H,10-11H2,1H3,(H,23,26). The summed E-state index contributed by atoms with van der Waals surface area (Å²) in [4.78, 5) is 34.0. The number of amides is 1. The van der Waals surface area contributed by atoms with Crippen LogP contribution in [0.4, 0.5) is 0 Å². The van der Waals surface area contributed by atoms with E-state index < -0.39 is 0 Å². The molecular formula is C22H19N3O2. The van der Waals surface area contributed by atoms with E-state index in [0.29, 0.717) is 23.1 Å². The first-order valence-electron chi connectivity index (χ1n) is 9.16. The van der Waals surface area contributed by atoms with Crippen molar-refractivity contribution in [2.75, 3.05) is 6.54 Å². The molecule has 0 saturated carbocycles. The summed E-state index contributed by atoms with van der Waals surface area (Å²) in [5, 5.41) is 1.82. The number of aromatic amines is 2. The van der Waals surface area contributed by atoms with Gasteiger partial charge in [-0.15, -0.1) is 0 Å². The molecule has 3 heterocycles. The molecule has 1 atom stereocenters. The van der Waals surface area contributed by atoms with Gasteiger partial charge in [-0.1, -0.05) is 30.3 Å². The molecule has 5 heteroatoms. The Morgan fingerprint density at radius 1 is 1.00 bits per heavy atom. The predicted octanol–water partition coefficient (Wildman–Crippen LogP) is 3.77. The molecule has 1 aliphatic heterocycles. The van der Waals surface area contributed by atoms with Gasteiger partial charge in [-0.2, -0.15) is 0 Å². The molecule has 1 amide bonds. The minimum Gasteiger partial charge on any atom is -0.356 e. The van der Waals surface area contributed by atoms with Crippen LogP contribution < -0.4 is 5.43 Å². The van der Waals surface area contributed by atoms with Gasteiger partial charge in [0.1, 0.15) is 5.69 Å². The topological polar surface area (TPSA) is 69.0 Å². The number of benzene rings is 2. The van der Waals surface area contributed by atoms with Crippen LogP contribution in [0.5, 0.6) is 0 Å². The minimum atomic E-state index is -0.144. The Morgan fingerprint density at radius 3 is 2.44 bits per heavy atom. The second-order valence-electron chi connectivity index (χ2n) is 7.08. The lowest BCUT2D eigenvalue weighted by Gasteiger charge is -2.33. The Balaban J connectivity index is 1.55. The first-order valence-corrected chi connectivity index (χ1v) is 9.16. The molecule has 4 aromatic rings. The highest BCUT2D eigenvalue weighted by atomic mass is 16.2. The summed E-state index contributed by atoms with van der Waals surface area (Å²) in [5.74, 6) is -0.144. The third kappa shape index (κ3) is 2.39. The van der Waals surface area contributed by atoms with Crippen LogP contribution in [0.25, 0.3) is 21.8 Å². The molecule has 0 bridgehead atoms. The van der Waals surface area contributed by atoms with Crippen molar-refractivity contribution in [2.24, 2.45) is 0 Å². The highest BCUT2D eigenvalue weighted by molar-refractivity contribution is 5.95. The van der Waals surface area contributed by atoms with Gasteiger partial charge in [-0.3, -0.25) is 9.59 Å². The molecule has 27 heavy (non-hydrogen) atoms. The van der Waals surface area contributed by atoms with Crippen molar-refractivity contribution in [1.82, 2.24) is 14.9 Å². The fraction of sp³-hybridized carbons (Fsp3) is 0.182. The van der Waals surface area contributed by atoms with Crippen LogP contribution in [-0.2, 0) is 6.42 Å². The van der Waals surface area contributed by atoms with Gasteiger partial charge in [0.25, 0.3) is 5.91 Å². The molecule has 0 spiro atoms. The Kier molecular flexibility index (Phi) is 3.44. The van der Waals surface area contributed by atoms with Crippen molar-refractivity contribution in [3.05, 3.63) is 81.8 Å². The lowest BCUT2D eigenvalue weighted by atomic mass is 9.98. The maximum absolute atomic E-state index is 13.2. The molecule has 0 radical (unpaired) electrons. The fourth-order valence-electron chi connectivity index (χ4n) is 4.17. The zero-order chi connectivity index (χ0) is 18.5. The number of para-hydroxylation sites is 2. The van der Waals surface area contributed by atoms with Crippen LogP contribution >= 0.6 is 0 Å². The van der Waals surface area contributed by atoms with Gasteiger partial charge < -0.3 is 14.9 Å². The second-order valence-corrected chi connectivity index (χ2v) is 7.08. The smallest absolute Gasteiger partial charge is 0.270 e. The lowest BCUT2D eigenvalue weighted by molar-refractivity contribution is 0.0669. The molecule has 0 fully saturated rings. The number of hydrogen-bond donors (Lipinski definition) is 2. The van der Waals surface area contributed by atoms with Crippen LogP contribution in [0.1, 0.15) is 34.7 Å². The van der Waals surface area contributed by atoms with Crippen molar-refractivity contribution in [2.45, 2.75) is 19.4 Å². The SMILES string of the molecule is CC1c2[nH]c3ccccc3c2CCN1C(=O)c1cc(=O)c2ccccc2[nH]1. The molecule has 5 rings (SSSR count). The monoisotopic (exact) mass is 357 g/mol. The first kappa shape index (κ1) is 15.9. The number of hydrogen-bond acceptors (Lipinski definition) is 2. The molecule has 134 valence electrons. The molecule has 0 saturated heterocycles. The summed E-state index contributed by atoms with van der Waals surface area (Å²) in [6, 6.07) is 16.8. The van der Waals surface area contributed by atoms with Crippen LogP contribution in [0.15, 0.2) is 59.4 Å². The van der Waals surface area contributed by atoms with Gasteiger partial charge in [-0.25, -0.2) is 0 Å². The lowest BCUT2D eigenvalue weighted by Crippen LogP contribution is -2.39. The maximum Gasteiger partial charge on any atom is 0.270 e. The molecule has 1 aliphatic rings. The summed E-state index contributed by atoms with van der Waals surface area (Å²) >= 11 is 0. The van der Waals surface area contributed by atoms with Crippen LogP contribution in [0.3, 0.4) is 0 Å². The number of nitrogens with one attached hydrogen (secondary N) is 2. The third-order valence-corrected chi connectivity index (χ3v) is 5.56. The largest absolute Gasteiger partial charge is 0.356 e. The quantitative estimate of drug-likeness (QED) is 0.544.